The first-order chi connectivity index (χ1) is 8.29. The van der Waals surface area contributed by atoms with E-state index in [4.69, 9.17) is 4.74 Å². The van der Waals surface area contributed by atoms with Crippen molar-refractivity contribution in [3.05, 3.63) is 17.5 Å². The van der Waals surface area contributed by atoms with Crippen LogP contribution in [-0.4, -0.2) is 34.1 Å². The highest BCUT2D eigenvalue weighted by Gasteiger charge is 2.31. The Morgan fingerprint density at radius 3 is 3.00 bits per heavy atom. The van der Waals surface area contributed by atoms with Crippen molar-refractivity contribution in [3.8, 4) is 0 Å². The van der Waals surface area contributed by atoms with Gasteiger partial charge in [-0.05, 0) is 19.8 Å². The van der Waals surface area contributed by atoms with Crippen LogP contribution in [0.5, 0.6) is 0 Å². The average molecular weight is 237 g/mol. The number of aliphatic hydroxyl groups excluding tert-OH is 1. The number of aliphatic hydroxyl groups is 1. The first kappa shape index (κ1) is 11.2. The van der Waals surface area contributed by atoms with Crippen molar-refractivity contribution in [1.82, 2.24) is 15.1 Å². The molecule has 2 heterocycles. The molecule has 2 atom stereocenters. The Bertz CT molecular complexity index is 400. The maximum atomic E-state index is 9.52. The van der Waals surface area contributed by atoms with Crippen LogP contribution in [0.15, 0.2) is 6.20 Å². The summed E-state index contributed by atoms with van der Waals surface area (Å²) in [6.07, 6.45) is 4.44. The van der Waals surface area contributed by atoms with Crippen LogP contribution in [0.4, 0.5) is 0 Å². The zero-order valence-corrected chi connectivity index (χ0v) is 10.1. The lowest BCUT2D eigenvalue weighted by Gasteiger charge is -2.28. The molecule has 94 valence electrons. The number of nitrogens with zero attached hydrogens (tertiary/aromatic N) is 2. The molecule has 1 aliphatic carbocycles. The van der Waals surface area contributed by atoms with Gasteiger partial charge in [0.1, 0.15) is 0 Å². The number of nitrogens with one attached hydrogen (secondary N) is 1. The second-order valence-electron chi connectivity index (χ2n) is 4.97. The summed E-state index contributed by atoms with van der Waals surface area (Å²) in [6.45, 7) is 3.79. The van der Waals surface area contributed by atoms with Crippen LogP contribution in [0.1, 0.15) is 43.2 Å². The van der Waals surface area contributed by atoms with Crippen LogP contribution in [0.2, 0.25) is 0 Å². The standard InChI is InChI=1S/C12H19N3O2/c1-8-4-13-6-12(17-8)10-5-14-15(9-2-3-9)11(10)7-16/h5,8-9,12-13,16H,2-4,6-7H2,1H3/t8-,12-/m1/s1. The van der Waals surface area contributed by atoms with E-state index in [1.807, 2.05) is 10.9 Å². The van der Waals surface area contributed by atoms with Gasteiger partial charge in [-0.1, -0.05) is 0 Å². The molecule has 1 aliphatic heterocycles. The summed E-state index contributed by atoms with van der Waals surface area (Å²) in [5.74, 6) is 0. The minimum absolute atomic E-state index is 0.0217. The molecule has 3 rings (SSSR count). The Morgan fingerprint density at radius 1 is 1.53 bits per heavy atom. The molecule has 0 aromatic carbocycles. The highest BCUT2D eigenvalue weighted by molar-refractivity contribution is 5.22. The molecule has 1 aromatic heterocycles. The van der Waals surface area contributed by atoms with Gasteiger partial charge >= 0.3 is 0 Å². The molecule has 5 heteroatoms. The Morgan fingerprint density at radius 2 is 2.35 bits per heavy atom. The van der Waals surface area contributed by atoms with Gasteiger partial charge in [-0.15, -0.1) is 0 Å². The lowest BCUT2D eigenvalue weighted by Crippen LogP contribution is -2.39. The summed E-state index contributed by atoms with van der Waals surface area (Å²) in [6, 6.07) is 0.500. The highest BCUT2D eigenvalue weighted by Crippen LogP contribution is 2.37. The predicted octanol–water partition coefficient (Wildman–Crippen LogP) is 0.760. The largest absolute Gasteiger partial charge is 0.390 e. The minimum Gasteiger partial charge on any atom is -0.390 e. The van der Waals surface area contributed by atoms with Crippen LogP contribution in [-0.2, 0) is 11.3 Å². The normalized spacial score (nSPS) is 29.5. The molecule has 5 nitrogen and oxygen atoms in total. The molecular formula is C12H19N3O2. The molecule has 1 saturated heterocycles. The van der Waals surface area contributed by atoms with Gasteiger partial charge < -0.3 is 15.2 Å². The van der Waals surface area contributed by atoms with E-state index in [-0.39, 0.29) is 18.8 Å². The van der Waals surface area contributed by atoms with Gasteiger partial charge in [0.2, 0.25) is 0 Å². The van der Waals surface area contributed by atoms with E-state index in [2.05, 4.69) is 17.3 Å². The molecule has 1 saturated carbocycles. The summed E-state index contributed by atoms with van der Waals surface area (Å²) >= 11 is 0. The molecule has 0 radical (unpaired) electrons. The third kappa shape index (κ3) is 2.10. The Balaban J connectivity index is 1.85. The Hall–Kier alpha value is -0.910. The molecule has 17 heavy (non-hydrogen) atoms. The lowest BCUT2D eigenvalue weighted by atomic mass is 10.1. The first-order valence-corrected chi connectivity index (χ1v) is 6.33. The van der Waals surface area contributed by atoms with Gasteiger partial charge in [0.25, 0.3) is 0 Å². The zero-order valence-electron chi connectivity index (χ0n) is 10.1. The fourth-order valence-electron chi connectivity index (χ4n) is 2.44. The van der Waals surface area contributed by atoms with Crippen molar-refractivity contribution in [1.29, 1.82) is 0 Å². The fourth-order valence-corrected chi connectivity index (χ4v) is 2.44. The summed E-state index contributed by atoms with van der Waals surface area (Å²) in [5.41, 5.74) is 1.96. The van der Waals surface area contributed by atoms with Crippen molar-refractivity contribution in [2.45, 2.75) is 44.6 Å². The van der Waals surface area contributed by atoms with Crippen LogP contribution in [0.25, 0.3) is 0 Å². The summed E-state index contributed by atoms with van der Waals surface area (Å²) in [4.78, 5) is 0. The maximum absolute atomic E-state index is 9.52. The third-order valence-electron chi connectivity index (χ3n) is 3.48. The van der Waals surface area contributed by atoms with Crippen molar-refractivity contribution < 1.29 is 9.84 Å². The minimum atomic E-state index is 0.0217. The average Bonchev–Trinajstić information content (AvgIpc) is 3.08. The van der Waals surface area contributed by atoms with Gasteiger partial charge in [0, 0.05) is 18.7 Å². The second kappa shape index (κ2) is 4.40. The molecule has 0 amide bonds. The van der Waals surface area contributed by atoms with E-state index < -0.39 is 0 Å². The molecule has 2 N–H and O–H groups in total. The van der Waals surface area contributed by atoms with Crippen molar-refractivity contribution in [2.24, 2.45) is 0 Å². The number of hydrogen-bond acceptors (Lipinski definition) is 4. The van der Waals surface area contributed by atoms with E-state index in [0.29, 0.717) is 6.04 Å². The van der Waals surface area contributed by atoms with Crippen molar-refractivity contribution >= 4 is 0 Å². The van der Waals surface area contributed by atoms with Crippen LogP contribution in [0, 0.1) is 0 Å². The van der Waals surface area contributed by atoms with Gasteiger partial charge in [-0.25, -0.2) is 0 Å². The van der Waals surface area contributed by atoms with Gasteiger partial charge in [0.05, 0.1) is 36.7 Å². The number of ether oxygens (including phenoxy) is 1. The second-order valence-corrected chi connectivity index (χ2v) is 4.97. The van der Waals surface area contributed by atoms with Gasteiger partial charge in [-0.2, -0.15) is 5.10 Å². The number of rotatable bonds is 3. The number of hydrogen-bond donors (Lipinski definition) is 2. The summed E-state index contributed by atoms with van der Waals surface area (Å²) in [7, 11) is 0. The first-order valence-electron chi connectivity index (χ1n) is 6.33. The molecule has 0 bridgehead atoms. The SMILES string of the molecule is C[C@@H]1CNC[C@H](c2cnn(C3CC3)c2CO)O1. The Kier molecular flexibility index (Phi) is 2.90. The van der Waals surface area contributed by atoms with E-state index in [1.165, 1.54) is 12.8 Å². The smallest absolute Gasteiger partial charge is 0.0987 e. The predicted molar refractivity (Wildman–Crippen MR) is 62.6 cm³/mol. The molecular weight excluding hydrogens is 218 g/mol. The van der Waals surface area contributed by atoms with Crippen LogP contribution < -0.4 is 5.32 Å². The number of morpholine rings is 1. The number of aromatic nitrogens is 2. The van der Waals surface area contributed by atoms with Gasteiger partial charge in [0.15, 0.2) is 0 Å². The van der Waals surface area contributed by atoms with Crippen molar-refractivity contribution in [3.63, 3.8) is 0 Å². The molecule has 2 fully saturated rings. The topological polar surface area (TPSA) is 59.3 Å². The Labute approximate surface area is 101 Å². The molecule has 0 unspecified atom stereocenters. The molecule has 2 aliphatic rings. The van der Waals surface area contributed by atoms with E-state index in [0.717, 1.165) is 24.3 Å². The summed E-state index contributed by atoms with van der Waals surface area (Å²) in [5, 5.41) is 17.3. The maximum Gasteiger partial charge on any atom is 0.0987 e. The monoisotopic (exact) mass is 237 g/mol. The van der Waals surface area contributed by atoms with Crippen LogP contribution in [0.3, 0.4) is 0 Å². The fraction of sp³-hybridized carbons (Fsp3) is 0.750. The van der Waals surface area contributed by atoms with Crippen LogP contribution >= 0.6 is 0 Å². The highest BCUT2D eigenvalue weighted by atomic mass is 16.5. The quantitative estimate of drug-likeness (QED) is 0.815. The van der Waals surface area contributed by atoms with Gasteiger partial charge in [-0.3, -0.25) is 4.68 Å². The zero-order chi connectivity index (χ0) is 11.8. The summed E-state index contributed by atoms with van der Waals surface area (Å²) < 4.78 is 7.87. The van der Waals surface area contributed by atoms with E-state index in [1.54, 1.807) is 0 Å². The van der Waals surface area contributed by atoms with E-state index >= 15 is 0 Å². The lowest BCUT2D eigenvalue weighted by molar-refractivity contribution is -0.0296. The van der Waals surface area contributed by atoms with E-state index in [9.17, 15) is 5.11 Å². The molecule has 0 spiro atoms. The third-order valence-corrected chi connectivity index (χ3v) is 3.48. The molecule has 1 aromatic rings. The van der Waals surface area contributed by atoms with Crippen molar-refractivity contribution in [2.75, 3.05) is 13.1 Å².